The van der Waals surface area contributed by atoms with Crippen LogP contribution in [0.5, 0.6) is 5.75 Å². The molecule has 0 aliphatic carbocycles. The van der Waals surface area contributed by atoms with E-state index >= 15 is 0 Å². The van der Waals surface area contributed by atoms with Gasteiger partial charge >= 0.3 is 6.09 Å². The Morgan fingerprint density at radius 1 is 0.926 bits per heavy atom. The summed E-state index contributed by atoms with van der Waals surface area (Å²) in [4.78, 5) is 24.0. The maximum atomic E-state index is 12.3. The molecule has 144 valence electrons. The summed E-state index contributed by atoms with van der Waals surface area (Å²) < 4.78 is 10.5. The van der Waals surface area contributed by atoms with Crippen LogP contribution < -0.4 is 15.4 Å². The van der Waals surface area contributed by atoms with Gasteiger partial charge in [-0.3, -0.25) is 4.79 Å². The zero-order chi connectivity index (χ0) is 19.9. The molecule has 2 N–H and O–H groups in total. The first-order chi connectivity index (χ1) is 12.8. The number of carbonyl (C=O) groups excluding carboxylic acids is 2. The van der Waals surface area contributed by atoms with Gasteiger partial charge in [-0.25, -0.2) is 4.79 Å². The zero-order valence-electron chi connectivity index (χ0n) is 16.2. The van der Waals surface area contributed by atoms with Crippen molar-refractivity contribution < 1.29 is 19.1 Å². The number of benzene rings is 2. The van der Waals surface area contributed by atoms with Crippen LogP contribution in [0.15, 0.2) is 48.5 Å². The number of hydrogen-bond donors (Lipinski definition) is 2. The van der Waals surface area contributed by atoms with Gasteiger partial charge in [0.15, 0.2) is 0 Å². The number of amides is 2. The minimum Gasteiger partial charge on any atom is -0.496 e. The van der Waals surface area contributed by atoms with E-state index in [1.54, 1.807) is 31.4 Å². The molecule has 0 aliphatic heterocycles. The number of methoxy groups -OCH3 is 1. The molecule has 6 heteroatoms. The molecule has 0 bridgehead atoms. The molecule has 0 aromatic heterocycles. The third kappa shape index (κ3) is 6.66. The lowest BCUT2D eigenvalue weighted by atomic mass is 10.1. The predicted octanol–water partition coefficient (Wildman–Crippen LogP) is 3.65. The Labute approximate surface area is 159 Å². The predicted molar refractivity (Wildman–Crippen MR) is 104 cm³/mol. The molecule has 2 aromatic carbocycles. The van der Waals surface area contributed by atoms with E-state index < -0.39 is 11.7 Å². The van der Waals surface area contributed by atoms with Gasteiger partial charge in [0.2, 0.25) is 0 Å². The summed E-state index contributed by atoms with van der Waals surface area (Å²) in [6.45, 7) is 6.14. The summed E-state index contributed by atoms with van der Waals surface area (Å²) >= 11 is 0. The number of alkyl carbamates (subject to hydrolysis) is 1. The highest BCUT2D eigenvalue weighted by Gasteiger charge is 2.15. The van der Waals surface area contributed by atoms with Crippen molar-refractivity contribution >= 4 is 12.0 Å². The third-order valence-electron chi connectivity index (χ3n) is 3.68. The number of nitrogens with one attached hydrogen (secondary N) is 2. The van der Waals surface area contributed by atoms with Crippen LogP contribution in [0, 0.1) is 0 Å². The van der Waals surface area contributed by atoms with Gasteiger partial charge in [0.25, 0.3) is 5.91 Å². The molecule has 0 saturated heterocycles. The molecule has 0 aliphatic rings. The molecular weight excluding hydrogens is 344 g/mol. The zero-order valence-corrected chi connectivity index (χ0v) is 16.2. The minimum absolute atomic E-state index is 0.174. The monoisotopic (exact) mass is 370 g/mol. The second kappa shape index (κ2) is 9.07. The van der Waals surface area contributed by atoms with Crippen molar-refractivity contribution in [3.8, 4) is 5.75 Å². The Balaban J connectivity index is 1.87. The third-order valence-corrected chi connectivity index (χ3v) is 3.68. The minimum atomic E-state index is -0.534. The first kappa shape index (κ1) is 20.3. The molecule has 6 nitrogen and oxygen atoms in total. The number of hydrogen-bond acceptors (Lipinski definition) is 4. The molecule has 0 spiro atoms. The number of para-hydroxylation sites is 1. The molecule has 27 heavy (non-hydrogen) atoms. The fourth-order valence-electron chi connectivity index (χ4n) is 2.39. The number of ether oxygens (including phenoxy) is 2. The van der Waals surface area contributed by atoms with Crippen molar-refractivity contribution in [2.45, 2.75) is 39.5 Å². The summed E-state index contributed by atoms with van der Waals surface area (Å²) in [7, 11) is 1.60. The van der Waals surface area contributed by atoms with Gasteiger partial charge in [0, 0.05) is 24.2 Å². The van der Waals surface area contributed by atoms with Crippen LogP contribution >= 0.6 is 0 Å². The van der Waals surface area contributed by atoms with E-state index in [2.05, 4.69) is 10.6 Å². The molecule has 0 heterocycles. The second-order valence-electron chi connectivity index (χ2n) is 7.05. The van der Waals surface area contributed by atoms with Crippen molar-refractivity contribution in [1.82, 2.24) is 10.6 Å². The van der Waals surface area contributed by atoms with Gasteiger partial charge in [-0.1, -0.05) is 30.3 Å². The normalized spacial score (nSPS) is 10.8. The first-order valence-electron chi connectivity index (χ1n) is 8.74. The maximum Gasteiger partial charge on any atom is 0.407 e. The Bertz CT molecular complexity index is 780. The van der Waals surface area contributed by atoms with Gasteiger partial charge < -0.3 is 20.1 Å². The quantitative estimate of drug-likeness (QED) is 0.814. The van der Waals surface area contributed by atoms with Crippen LogP contribution in [0.1, 0.15) is 42.3 Å². The van der Waals surface area contributed by atoms with Crippen molar-refractivity contribution in [3.63, 3.8) is 0 Å². The topological polar surface area (TPSA) is 76.7 Å². The molecule has 0 atom stereocenters. The highest BCUT2D eigenvalue weighted by Crippen LogP contribution is 2.17. The van der Waals surface area contributed by atoms with Crippen LogP contribution in [0.3, 0.4) is 0 Å². The van der Waals surface area contributed by atoms with Crippen molar-refractivity contribution in [3.05, 3.63) is 65.2 Å². The van der Waals surface area contributed by atoms with E-state index in [4.69, 9.17) is 9.47 Å². The van der Waals surface area contributed by atoms with Gasteiger partial charge in [-0.15, -0.1) is 0 Å². The Kier molecular flexibility index (Phi) is 6.82. The molecular formula is C21H26N2O4. The molecule has 2 aromatic rings. The van der Waals surface area contributed by atoms with Gasteiger partial charge in [0.05, 0.1) is 7.11 Å². The van der Waals surface area contributed by atoms with E-state index in [9.17, 15) is 9.59 Å². The SMILES string of the molecule is COc1ccccc1CNC(=O)c1ccc(CNC(=O)OC(C)(C)C)cc1. The van der Waals surface area contributed by atoms with Crippen molar-refractivity contribution in [2.75, 3.05) is 7.11 Å². The number of carbonyl (C=O) groups is 2. The Hall–Kier alpha value is -3.02. The molecule has 0 radical (unpaired) electrons. The highest BCUT2D eigenvalue weighted by atomic mass is 16.6. The van der Waals surface area contributed by atoms with Gasteiger partial charge in [0.1, 0.15) is 11.4 Å². The summed E-state index contributed by atoms with van der Waals surface area (Å²) in [6.07, 6.45) is -0.471. The molecule has 0 unspecified atom stereocenters. The van der Waals surface area contributed by atoms with Crippen LogP contribution in [0.4, 0.5) is 4.79 Å². The van der Waals surface area contributed by atoms with Crippen LogP contribution in [-0.4, -0.2) is 24.7 Å². The molecule has 2 amide bonds. The largest absolute Gasteiger partial charge is 0.496 e. The smallest absolute Gasteiger partial charge is 0.407 e. The van der Waals surface area contributed by atoms with Crippen molar-refractivity contribution in [2.24, 2.45) is 0 Å². The lowest BCUT2D eigenvalue weighted by Gasteiger charge is -2.19. The Morgan fingerprint density at radius 3 is 2.22 bits per heavy atom. The van der Waals surface area contributed by atoms with Crippen LogP contribution in [-0.2, 0) is 17.8 Å². The average molecular weight is 370 g/mol. The van der Waals surface area contributed by atoms with E-state index in [1.807, 2.05) is 45.0 Å². The average Bonchev–Trinajstić information content (AvgIpc) is 2.63. The second-order valence-corrected chi connectivity index (χ2v) is 7.05. The van der Waals surface area contributed by atoms with E-state index in [1.165, 1.54) is 0 Å². The summed E-state index contributed by atoms with van der Waals surface area (Å²) in [6, 6.07) is 14.6. The van der Waals surface area contributed by atoms with Crippen LogP contribution in [0.2, 0.25) is 0 Å². The standard InChI is InChI=1S/C21H26N2O4/c1-21(2,3)27-20(25)23-13-15-9-11-16(12-10-15)19(24)22-14-17-7-5-6-8-18(17)26-4/h5-12H,13-14H2,1-4H3,(H,22,24)(H,23,25). The maximum absolute atomic E-state index is 12.3. The molecule has 0 fully saturated rings. The fraction of sp³-hybridized carbons (Fsp3) is 0.333. The number of rotatable bonds is 6. The van der Waals surface area contributed by atoms with E-state index in [0.717, 1.165) is 16.9 Å². The van der Waals surface area contributed by atoms with E-state index in [0.29, 0.717) is 18.7 Å². The Morgan fingerprint density at radius 2 is 1.59 bits per heavy atom. The lowest BCUT2D eigenvalue weighted by Crippen LogP contribution is -2.32. The molecule has 2 rings (SSSR count). The summed E-state index contributed by atoms with van der Waals surface area (Å²) in [5.74, 6) is 0.564. The fourth-order valence-corrected chi connectivity index (χ4v) is 2.39. The molecule has 0 saturated carbocycles. The lowest BCUT2D eigenvalue weighted by molar-refractivity contribution is 0.0523. The summed E-state index contributed by atoms with van der Waals surface area (Å²) in [5.41, 5.74) is 1.80. The van der Waals surface area contributed by atoms with Gasteiger partial charge in [-0.05, 0) is 44.5 Å². The van der Waals surface area contributed by atoms with Crippen LogP contribution in [0.25, 0.3) is 0 Å². The first-order valence-corrected chi connectivity index (χ1v) is 8.74. The van der Waals surface area contributed by atoms with Crippen molar-refractivity contribution in [1.29, 1.82) is 0 Å². The van der Waals surface area contributed by atoms with E-state index in [-0.39, 0.29) is 5.91 Å². The van der Waals surface area contributed by atoms with Gasteiger partial charge in [-0.2, -0.15) is 0 Å². The summed E-state index contributed by atoms with van der Waals surface area (Å²) in [5, 5.41) is 5.56. The highest BCUT2D eigenvalue weighted by molar-refractivity contribution is 5.94.